The van der Waals surface area contributed by atoms with Gasteiger partial charge >= 0.3 is 0 Å². The van der Waals surface area contributed by atoms with Crippen LogP contribution in [0.5, 0.6) is 0 Å². The summed E-state index contributed by atoms with van der Waals surface area (Å²) in [6, 6.07) is 8.23. The van der Waals surface area contributed by atoms with Gasteiger partial charge in [0.2, 0.25) is 0 Å². The van der Waals surface area contributed by atoms with Crippen molar-refractivity contribution in [1.29, 1.82) is 5.26 Å². The standard InChI is InChI=1S/C13H15BrN2S/c1-9-7-16(8-10(2)17-9)13-4-3-12(14)5-11(13)6-15/h3-5,9-10H,7-8H2,1-2H3. The second-order valence-corrected chi connectivity index (χ2v) is 7.23. The molecule has 1 fully saturated rings. The van der Waals surface area contributed by atoms with Crippen LogP contribution in [0.1, 0.15) is 19.4 Å². The Morgan fingerprint density at radius 2 is 2.00 bits per heavy atom. The number of halogens is 1. The van der Waals surface area contributed by atoms with E-state index in [1.807, 2.05) is 30.0 Å². The molecule has 4 heteroatoms. The van der Waals surface area contributed by atoms with Gasteiger partial charge in [-0.15, -0.1) is 0 Å². The second-order valence-electron chi connectivity index (χ2n) is 4.44. The predicted molar refractivity (Wildman–Crippen MR) is 77.6 cm³/mol. The van der Waals surface area contributed by atoms with Gasteiger partial charge in [-0.05, 0) is 18.2 Å². The van der Waals surface area contributed by atoms with Crippen LogP contribution in [0, 0.1) is 11.3 Å². The van der Waals surface area contributed by atoms with Crippen molar-refractivity contribution in [2.45, 2.75) is 24.3 Å². The van der Waals surface area contributed by atoms with E-state index in [0.29, 0.717) is 10.5 Å². The van der Waals surface area contributed by atoms with E-state index in [1.54, 1.807) is 0 Å². The highest BCUT2D eigenvalue weighted by Crippen LogP contribution is 2.31. The average molecular weight is 311 g/mol. The van der Waals surface area contributed by atoms with Crippen molar-refractivity contribution in [3.8, 4) is 6.07 Å². The Hall–Kier alpha value is -0.660. The normalized spacial score (nSPS) is 24.5. The number of thioether (sulfide) groups is 1. The van der Waals surface area contributed by atoms with Gasteiger partial charge < -0.3 is 4.90 Å². The van der Waals surface area contributed by atoms with Gasteiger partial charge in [0, 0.05) is 28.1 Å². The maximum atomic E-state index is 9.20. The Morgan fingerprint density at radius 3 is 2.59 bits per heavy atom. The first kappa shape index (κ1) is 12.8. The van der Waals surface area contributed by atoms with E-state index in [1.165, 1.54) is 0 Å². The quantitative estimate of drug-likeness (QED) is 0.792. The van der Waals surface area contributed by atoms with Gasteiger partial charge in [0.05, 0.1) is 11.3 Å². The average Bonchev–Trinajstić information content (AvgIpc) is 2.27. The second kappa shape index (κ2) is 5.32. The summed E-state index contributed by atoms with van der Waals surface area (Å²) in [5, 5.41) is 10.4. The Kier molecular flexibility index (Phi) is 4.01. The molecule has 0 saturated carbocycles. The molecule has 2 unspecified atom stereocenters. The smallest absolute Gasteiger partial charge is 0.101 e. The molecule has 2 atom stereocenters. The van der Waals surface area contributed by atoms with Gasteiger partial charge in [0.1, 0.15) is 6.07 Å². The lowest BCUT2D eigenvalue weighted by Gasteiger charge is -2.36. The molecule has 2 rings (SSSR count). The van der Waals surface area contributed by atoms with Crippen LogP contribution in [0.25, 0.3) is 0 Å². The van der Waals surface area contributed by atoms with Crippen LogP contribution in [0.4, 0.5) is 5.69 Å². The summed E-state index contributed by atoms with van der Waals surface area (Å²) >= 11 is 5.43. The van der Waals surface area contributed by atoms with Crippen molar-refractivity contribution < 1.29 is 0 Å². The van der Waals surface area contributed by atoms with Crippen molar-refractivity contribution in [3.05, 3.63) is 28.2 Å². The van der Waals surface area contributed by atoms with Gasteiger partial charge in [-0.2, -0.15) is 17.0 Å². The predicted octanol–water partition coefficient (Wildman–Crippen LogP) is 3.65. The van der Waals surface area contributed by atoms with Crippen LogP contribution < -0.4 is 4.90 Å². The summed E-state index contributed by atoms with van der Waals surface area (Å²) in [4.78, 5) is 2.33. The fourth-order valence-electron chi connectivity index (χ4n) is 2.25. The molecule has 1 aliphatic heterocycles. The third-order valence-corrected chi connectivity index (χ3v) is 4.56. The molecule has 1 saturated heterocycles. The Bertz CT molecular complexity index is 445. The zero-order valence-corrected chi connectivity index (χ0v) is 12.4. The molecule has 0 amide bonds. The highest BCUT2D eigenvalue weighted by molar-refractivity contribution is 9.10. The lowest BCUT2D eigenvalue weighted by Crippen LogP contribution is -2.40. The minimum Gasteiger partial charge on any atom is -0.368 e. The zero-order valence-electron chi connectivity index (χ0n) is 9.98. The summed E-state index contributed by atoms with van der Waals surface area (Å²) in [5.41, 5.74) is 1.82. The van der Waals surface area contributed by atoms with Gasteiger partial charge in [-0.1, -0.05) is 29.8 Å². The minimum absolute atomic E-state index is 0.619. The van der Waals surface area contributed by atoms with Gasteiger partial charge in [-0.3, -0.25) is 0 Å². The van der Waals surface area contributed by atoms with Gasteiger partial charge in [0.25, 0.3) is 0 Å². The molecular weight excluding hydrogens is 296 g/mol. The summed E-state index contributed by atoms with van der Waals surface area (Å²) in [6.45, 7) is 6.53. The SMILES string of the molecule is CC1CN(c2ccc(Br)cc2C#N)CC(C)S1. The van der Waals surface area contributed by atoms with E-state index in [0.717, 1.165) is 28.8 Å². The van der Waals surface area contributed by atoms with Crippen LogP contribution in [-0.2, 0) is 0 Å². The van der Waals surface area contributed by atoms with Crippen LogP contribution in [0.15, 0.2) is 22.7 Å². The largest absolute Gasteiger partial charge is 0.368 e. The van der Waals surface area contributed by atoms with Gasteiger partial charge in [-0.25, -0.2) is 0 Å². The molecule has 1 aliphatic rings. The molecule has 90 valence electrons. The van der Waals surface area contributed by atoms with Crippen LogP contribution in [-0.4, -0.2) is 23.6 Å². The lowest BCUT2D eigenvalue weighted by molar-refractivity contribution is 0.727. The highest BCUT2D eigenvalue weighted by Gasteiger charge is 2.23. The van der Waals surface area contributed by atoms with Gasteiger partial charge in [0.15, 0.2) is 0 Å². The molecule has 17 heavy (non-hydrogen) atoms. The molecule has 1 aromatic carbocycles. The van der Waals surface area contributed by atoms with E-state index in [2.05, 4.69) is 40.7 Å². The third-order valence-electron chi connectivity index (χ3n) is 2.84. The molecular formula is C13H15BrN2S. The zero-order chi connectivity index (χ0) is 12.4. The molecule has 1 aromatic rings. The monoisotopic (exact) mass is 310 g/mol. The van der Waals surface area contributed by atoms with Crippen LogP contribution in [0.3, 0.4) is 0 Å². The van der Waals surface area contributed by atoms with E-state index >= 15 is 0 Å². The fourth-order valence-corrected chi connectivity index (χ4v) is 3.93. The van der Waals surface area contributed by atoms with Crippen molar-refractivity contribution >= 4 is 33.4 Å². The number of hydrogen-bond donors (Lipinski definition) is 0. The maximum Gasteiger partial charge on any atom is 0.101 e. The summed E-state index contributed by atoms with van der Waals surface area (Å²) < 4.78 is 0.963. The number of rotatable bonds is 1. The fraction of sp³-hybridized carbons (Fsp3) is 0.462. The molecule has 0 bridgehead atoms. The lowest BCUT2D eigenvalue weighted by atomic mass is 10.1. The Balaban J connectivity index is 2.30. The summed E-state index contributed by atoms with van der Waals surface area (Å²) in [6.07, 6.45) is 0. The number of nitriles is 1. The molecule has 1 heterocycles. The van der Waals surface area contributed by atoms with Crippen molar-refractivity contribution in [1.82, 2.24) is 0 Å². The first-order chi connectivity index (χ1) is 8.10. The third kappa shape index (κ3) is 2.97. The molecule has 0 spiro atoms. The minimum atomic E-state index is 0.619. The van der Waals surface area contributed by atoms with Crippen molar-refractivity contribution in [3.63, 3.8) is 0 Å². The van der Waals surface area contributed by atoms with E-state index < -0.39 is 0 Å². The van der Waals surface area contributed by atoms with Crippen LogP contribution in [0.2, 0.25) is 0 Å². The molecule has 2 nitrogen and oxygen atoms in total. The van der Waals surface area contributed by atoms with Crippen molar-refractivity contribution in [2.75, 3.05) is 18.0 Å². The first-order valence-electron chi connectivity index (χ1n) is 5.70. The maximum absolute atomic E-state index is 9.20. The molecule has 0 aromatic heterocycles. The summed E-state index contributed by atoms with van der Waals surface area (Å²) in [5.74, 6) is 0. The molecule has 0 N–H and O–H groups in total. The van der Waals surface area contributed by atoms with E-state index in [9.17, 15) is 5.26 Å². The van der Waals surface area contributed by atoms with Crippen molar-refractivity contribution in [2.24, 2.45) is 0 Å². The number of nitrogens with zero attached hydrogens (tertiary/aromatic N) is 2. The number of benzene rings is 1. The Labute approximate surface area is 115 Å². The van der Waals surface area contributed by atoms with E-state index in [-0.39, 0.29) is 0 Å². The number of hydrogen-bond acceptors (Lipinski definition) is 3. The highest BCUT2D eigenvalue weighted by atomic mass is 79.9. The summed E-state index contributed by atoms with van der Waals surface area (Å²) in [7, 11) is 0. The van der Waals surface area contributed by atoms with E-state index in [4.69, 9.17) is 0 Å². The topological polar surface area (TPSA) is 27.0 Å². The Morgan fingerprint density at radius 1 is 1.35 bits per heavy atom. The molecule has 0 aliphatic carbocycles. The molecule has 0 radical (unpaired) electrons. The first-order valence-corrected chi connectivity index (χ1v) is 7.44. The van der Waals surface area contributed by atoms with Crippen LogP contribution >= 0.6 is 27.7 Å². The number of anilines is 1.